The Morgan fingerprint density at radius 3 is 2.50 bits per heavy atom. The molecule has 0 atom stereocenters. The first-order valence-electron chi connectivity index (χ1n) is 6.63. The Labute approximate surface area is 108 Å². The zero-order chi connectivity index (χ0) is 13.0. The van der Waals surface area contributed by atoms with Crippen LogP contribution in [0, 0.1) is 0 Å². The smallest absolute Gasteiger partial charge is 0.400 e. The fourth-order valence-corrected chi connectivity index (χ4v) is 2.57. The van der Waals surface area contributed by atoms with Crippen LogP contribution in [0.5, 0.6) is 0 Å². The molecule has 0 amide bonds. The second-order valence-electron chi connectivity index (χ2n) is 6.16. The first-order chi connectivity index (χ1) is 8.41. The first-order valence-corrected chi connectivity index (χ1v) is 6.63. The van der Waals surface area contributed by atoms with E-state index in [1.54, 1.807) is 0 Å². The second kappa shape index (κ2) is 3.75. The topological polar surface area (TPSA) is 34.2 Å². The lowest BCUT2D eigenvalue weighted by atomic mass is 9.73. The molecule has 0 bridgehead atoms. The van der Waals surface area contributed by atoms with Gasteiger partial charge in [-0.25, -0.2) is 0 Å². The van der Waals surface area contributed by atoms with Crippen LogP contribution in [0.15, 0.2) is 12.3 Å². The van der Waals surface area contributed by atoms with Crippen LogP contribution < -0.4 is 10.6 Å². The highest BCUT2D eigenvalue weighted by molar-refractivity contribution is 6.66. The molecular formula is C14H20BNO2. The molecule has 0 radical (unpaired) electrons. The Kier molecular flexibility index (Phi) is 2.51. The van der Waals surface area contributed by atoms with E-state index in [0.717, 1.165) is 12.8 Å². The molecule has 18 heavy (non-hydrogen) atoms. The summed E-state index contributed by atoms with van der Waals surface area (Å²) in [7, 11) is -0.210. The SMILES string of the molecule is CC1(C)OB(C2=c3cc[nH]c3=CCC2)OC1(C)C. The van der Waals surface area contributed by atoms with Crippen LogP contribution in [-0.2, 0) is 9.31 Å². The number of nitrogens with one attached hydrogen (secondary N) is 1. The Hall–Kier alpha value is -0.995. The Morgan fingerprint density at radius 1 is 1.17 bits per heavy atom. The van der Waals surface area contributed by atoms with Crippen LogP contribution >= 0.6 is 0 Å². The van der Waals surface area contributed by atoms with Gasteiger partial charge in [0.1, 0.15) is 0 Å². The second-order valence-corrected chi connectivity index (χ2v) is 6.16. The third-order valence-electron chi connectivity index (χ3n) is 4.42. The van der Waals surface area contributed by atoms with Crippen molar-refractivity contribution in [2.24, 2.45) is 0 Å². The lowest BCUT2D eigenvalue weighted by molar-refractivity contribution is 0.00578. The van der Waals surface area contributed by atoms with Gasteiger partial charge < -0.3 is 14.3 Å². The average Bonchev–Trinajstić information content (AvgIpc) is 2.81. The van der Waals surface area contributed by atoms with Crippen molar-refractivity contribution < 1.29 is 9.31 Å². The molecule has 1 saturated heterocycles. The predicted octanol–water partition coefficient (Wildman–Crippen LogP) is 1.37. The van der Waals surface area contributed by atoms with Crippen molar-refractivity contribution >= 4 is 18.7 Å². The Bertz CT molecular complexity index is 569. The maximum atomic E-state index is 6.14. The summed E-state index contributed by atoms with van der Waals surface area (Å²) in [6, 6.07) is 2.12. The summed E-state index contributed by atoms with van der Waals surface area (Å²) >= 11 is 0. The quantitative estimate of drug-likeness (QED) is 0.758. The minimum Gasteiger partial charge on any atom is -0.400 e. The molecule has 2 aliphatic rings. The highest BCUT2D eigenvalue weighted by atomic mass is 16.7. The van der Waals surface area contributed by atoms with Crippen LogP contribution in [0.1, 0.15) is 40.5 Å². The van der Waals surface area contributed by atoms with Gasteiger partial charge >= 0.3 is 7.12 Å². The van der Waals surface area contributed by atoms with E-state index >= 15 is 0 Å². The monoisotopic (exact) mass is 245 g/mol. The van der Waals surface area contributed by atoms with E-state index < -0.39 is 0 Å². The molecular weight excluding hydrogens is 225 g/mol. The van der Waals surface area contributed by atoms with Gasteiger partial charge in [-0.05, 0) is 57.3 Å². The first kappa shape index (κ1) is 12.1. The largest absolute Gasteiger partial charge is 0.491 e. The molecule has 2 heterocycles. The minimum atomic E-state index is -0.262. The van der Waals surface area contributed by atoms with Crippen molar-refractivity contribution in [1.82, 2.24) is 4.98 Å². The summed E-state index contributed by atoms with van der Waals surface area (Å²) in [5.74, 6) is 0. The molecule has 1 aliphatic heterocycles. The van der Waals surface area contributed by atoms with Gasteiger partial charge in [0, 0.05) is 11.5 Å². The van der Waals surface area contributed by atoms with Gasteiger partial charge in [-0.3, -0.25) is 0 Å². The number of hydrogen-bond acceptors (Lipinski definition) is 2. The van der Waals surface area contributed by atoms with Crippen molar-refractivity contribution in [3.05, 3.63) is 22.8 Å². The van der Waals surface area contributed by atoms with E-state index in [1.807, 2.05) is 6.20 Å². The highest BCUT2D eigenvalue weighted by Gasteiger charge is 2.52. The molecule has 0 spiro atoms. The molecule has 4 heteroatoms. The van der Waals surface area contributed by atoms with Gasteiger partial charge in [0.05, 0.1) is 11.2 Å². The van der Waals surface area contributed by atoms with Gasteiger partial charge in [0.15, 0.2) is 0 Å². The van der Waals surface area contributed by atoms with Crippen molar-refractivity contribution in [3.8, 4) is 0 Å². The predicted molar refractivity (Wildman–Crippen MR) is 73.2 cm³/mol. The summed E-state index contributed by atoms with van der Waals surface area (Å²) < 4.78 is 12.3. The van der Waals surface area contributed by atoms with E-state index in [9.17, 15) is 0 Å². The molecule has 1 aromatic heterocycles. The summed E-state index contributed by atoms with van der Waals surface area (Å²) in [5.41, 5.74) is 0.748. The zero-order valence-corrected chi connectivity index (χ0v) is 11.5. The van der Waals surface area contributed by atoms with Gasteiger partial charge in [-0.2, -0.15) is 0 Å². The van der Waals surface area contributed by atoms with Crippen LogP contribution in [0.2, 0.25) is 0 Å². The highest BCUT2D eigenvalue weighted by Crippen LogP contribution is 2.39. The third-order valence-corrected chi connectivity index (χ3v) is 4.42. The van der Waals surface area contributed by atoms with Crippen molar-refractivity contribution in [2.75, 3.05) is 0 Å². The number of aromatic amines is 1. The van der Waals surface area contributed by atoms with E-state index in [-0.39, 0.29) is 18.3 Å². The number of hydrogen-bond donors (Lipinski definition) is 1. The average molecular weight is 245 g/mol. The molecule has 1 N–H and O–H groups in total. The molecule has 0 aromatic carbocycles. The van der Waals surface area contributed by atoms with Gasteiger partial charge in [-0.15, -0.1) is 0 Å². The summed E-state index contributed by atoms with van der Waals surface area (Å²) in [4.78, 5) is 3.27. The fraction of sp³-hybridized carbons (Fsp3) is 0.571. The van der Waals surface area contributed by atoms with E-state index in [2.05, 4.69) is 44.8 Å². The summed E-state index contributed by atoms with van der Waals surface area (Å²) in [5, 5.41) is 2.45. The fourth-order valence-electron chi connectivity index (χ4n) is 2.57. The van der Waals surface area contributed by atoms with Crippen LogP contribution in [0.3, 0.4) is 0 Å². The lowest BCUT2D eigenvalue weighted by Gasteiger charge is -2.32. The van der Waals surface area contributed by atoms with Crippen molar-refractivity contribution in [1.29, 1.82) is 0 Å². The minimum absolute atomic E-state index is 0.210. The molecule has 1 aliphatic carbocycles. The number of rotatable bonds is 1. The molecule has 0 saturated carbocycles. The standard InChI is InChI=1S/C14H20BNO2/c1-13(2)14(3,4)18-15(17-13)11-6-5-7-12-10(11)8-9-16-12/h7-9,16H,5-6H2,1-4H3. The summed E-state index contributed by atoms with van der Waals surface area (Å²) in [6.45, 7) is 8.39. The number of fused-ring (bicyclic) bond motifs is 1. The van der Waals surface area contributed by atoms with E-state index in [1.165, 1.54) is 16.0 Å². The van der Waals surface area contributed by atoms with Gasteiger partial charge in [0.25, 0.3) is 0 Å². The van der Waals surface area contributed by atoms with Gasteiger partial charge in [-0.1, -0.05) is 6.08 Å². The lowest BCUT2D eigenvalue weighted by Crippen LogP contribution is -2.41. The molecule has 96 valence electrons. The van der Waals surface area contributed by atoms with E-state index in [4.69, 9.17) is 9.31 Å². The zero-order valence-electron chi connectivity index (χ0n) is 11.5. The molecule has 1 aromatic rings. The molecule has 1 fully saturated rings. The van der Waals surface area contributed by atoms with Crippen molar-refractivity contribution in [2.45, 2.75) is 51.7 Å². The maximum absolute atomic E-state index is 6.14. The van der Waals surface area contributed by atoms with Crippen LogP contribution in [0.4, 0.5) is 0 Å². The normalized spacial score (nSPS) is 24.9. The van der Waals surface area contributed by atoms with Crippen LogP contribution in [0.25, 0.3) is 11.5 Å². The molecule has 3 nitrogen and oxygen atoms in total. The van der Waals surface area contributed by atoms with Crippen molar-refractivity contribution in [3.63, 3.8) is 0 Å². The maximum Gasteiger partial charge on any atom is 0.491 e. The number of H-pyrrole nitrogens is 1. The van der Waals surface area contributed by atoms with Gasteiger partial charge in [0.2, 0.25) is 0 Å². The molecule has 0 unspecified atom stereocenters. The summed E-state index contributed by atoms with van der Waals surface area (Å²) in [6.07, 6.45) is 6.29. The number of aromatic nitrogens is 1. The molecule has 3 rings (SSSR count). The third kappa shape index (κ3) is 1.67. The Balaban J connectivity index is 2.05. The van der Waals surface area contributed by atoms with E-state index in [0.29, 0.717) is 0 Å². The Morgan fingerprint density at radius 2 is 1.83 bits per heavy atom. The van der Waals surface area contributed by atoms with Crippen LogP contribution in [-0.4, -0.2) is 23.3 Å².